The SMILES string of the molecule is CC(C)c1nnc(N2CCNCC2)s1. The zero-order valence-electron chi connectivity index (χ0n) is 8.66. The molecule has 78 valence electrons. The van der Waals surface area contributed by atoms with Gasteiger partial charge in [0, 0.05) is 32.1 Å². The second-order valence-corrected chi connectivity index (χ2v) is 4.80. The Bertz CT molecular complexity index is 291. The molecular weight excluding hydrogens is 196 g/mol. The summed E-state index contributed by atoms with van der Waals surface area (Å²) in [6.45, 7) is 8.51. The summed E-state index contributed by atoms with van der Waals surface area (Å²) >= 11 is 1.72. The zero-order valence-corrected chi connectivity index (χ0v) is 9.47. The van der Waals surface area contributed by atoms with Crippen LogP contribution in [-0.4, -0.2) is 36.4 Å². The molecule has 0 unspecified atom stereocenters. The molecule has 2 rings (SSSR count). The Morgan fingerprint density at radius 3 is 2.57 bits per heavy atom. The molecule has 1 aliphatic heterocycles. The average Bonchev–Trinajstić information content (AvgIpc) is 2.68. The number of hydrogen-bond donors (Lipinski definition) is 1. The molecule has 0 radical (unpaired) electrons. The first-order chi connectivity index (χ1) is 6.77. The second-order valence-electron chi connectivity index (χ2n) is 3.81. The molecule has 1 aliphatic rings. The molecule has 0 amide bonds. The Kier molecular flexibility index (Phi) is 2.98. The molecule has 1 fully saturated rings. The molecule has 5 heteroatoms. The van der Waals surface area contributed by atoms with Crippen molar-refractivity contribution in [3.8, 4) is 0 Å². The lowest BCUT2D eigenvalue weighted by Gasteiger charge is -2.26. The number of hydrogen-bond acceptors (Lipinski definition) is 5. The molecular formula is C9H16N4S. The van der Waals surface area contributed by atoms with Crippen LogP contribution in [0.2, 0.25) is 0 Å². The van der Waals surface area contributed by atoms with E-state index in [1.165, 1.54) is 0 Å². The first kappa shape index (κ1) is 9.86. The molecule has 1 saturated heterocycles. The van der Waals surface area contributed by atoms with E-state index in [0.717, 1.165) is 36.3 Å². The van der Waals surface area contributed by atoms with Crippen molar-refractivity contribution >= 4 is 16.5 Å². The average molecular weight is 212 g/mol. The number of nitrogens with one attached hydrogen (secondary N) is 1. The maximum atomic E-state index is 4.23. The van der Waals surface area contributed by atoms with Gasteiger partial charge in [0.2, 0.25) is 5.13 Å². The third-order valence-corrected chi connectivity index (χ3v) is 3.60. The Morgan fingerprint density at radius 2 is 2.00 bits per heavy atom. The second kappa shape index (κ2) is 4.23. The fraction of sp³-hybridized carbons (Fsp3) is 0.778. The molecule has 0 spiro atoms. The monoisotopic (exact) mass is 212 g/mol. The standard InChI is InChI=1S/C9H16N4S/c1-7(2)8-11-12-9(14-8)13-5-3-10-4-6-13/h7,10H,3-6H2,1-2H3. The third kappa shape index (κ3) is 2.04. The lowest BCUT2D eigenvalue weighted by molar-refractivity contribution is 0.586. The highest BCUT2D eigenvalue weighted by Gasteiger charge is 2.15. The molecule has 1 aromatic heterocycles. The summed E-state index contributed by atoms with van der Waals surface area (Å²) in [4.78, 5) is 2.31. The van der Waals surface area contributed by atoms with Crippen LogP contribution in [0.5, 0.6) is 0 Å². The van der Waals surface area contributed by atoms with Crippen LogP contribution in [-0.2, 0) is 0 Å². The number of piperazine rings is 1. The zero-order chi connectivity index (χ0) is 9.97. The van der Waals surface area contributed by atoms with Gasteiger partial charge in [-0.25, -0.2) is 0 Å². The van der Waals surface area contributed by atoms with Crippen LogP contribution < -0.4 is 10.2 Å². The van der Waals surface area contributed by atoms with Gasteiger partial charge in [0.15, 0.2) is 0 Å². The Morgan fingerprint density at radius 1 is 1.29 bits per heavy atom. The Hall–Kier alpha value is -0.680. The normalized spacial score (nSPS) is 17.8. The van der Waals surface area contributed by atoms with Gasteiger partial charge in [-0.05, 0) is 0 Å². The molecule has 4 nitrogen and oxygen atoms in total. The van der Waals surface area contributed by atoms with E-state index in [1.54, 1.807) is 11.3 Å². The van der Waals surface area contributed by atoms with Crippen LogP contribution in [0.3, 0.4) is 0 Å². The van der Waals surface area contributed by atoms with Crippen molar-refractivity contribution < 1.29 is 0 Å². The van der Waals surface area contributed by atoms with E-state index in [4.69, 9.17) is 0 Å². The van der Waals surface area contributed by atoms with Crippen molar-refractivity contribution in [1.29, 1.82) is 0 Å². The summed E-state index contributed by atoms with van der Waals surface area (Å²) in [5.74, 6) is 0.490. The topological polar surface area (TPSA) is 41.1 Å². The maximum absolute atomic E-state index is 4.23. The molecule has 0 atom stereocenters. The van der Waals surface area contributed by atoms with Gasteiger partial charge in [-0.15, -0.1) is 10.2 Å². The van der Waals surface area contributed by atoms with Crippen LogP contribution in [0.15, 0.2) is 0 Å². The van der Waals surface area contributed by atoms with E-state index in [2.05, 4.69) is 34.3 Å². The van der Waals surface area contributed by atoms with E-state index < -0.39 is 0 Å². The van der Waals surface area contributed by atoms with Crippen molar-refractivity contribution in [3.05, 3.63) is 5.01 Å². The quantitative estimate of drug-likeness (QED) is 0.796. The fourth-order valence-corrected chi connectivity index (χ4v) is 2.34. The van der Waals surface area contributed by atoms with Crippen LogP contribution >= 0.6 is 11.3 Å². The fourth-order valence-electron chi connectivity index (χ4n) is 1.44. The highest BCUT2D eigenvalue weighted by atomic mass is 32.1. The van der Waals surface area contributed by atoms with Crippen molar-refractivity contribution in [2.75, 3.05) is 31.1 Å². The van der Waals surface area contributed by atoms with Gasteiger partial charge in [-0.2, -0.15) is 0 Å². The highest BCUT2D eigenvalue weighted by molar-refractivity contribution is 7.15. The van der Waals surface area contributed by atoms with Gasteiger partial charge in [0.05, 0.1) is 0 Å². The summed E-state index contributed by atoms with van der Waals surface area (Å²) < 4.78 is 0. The summed E-state index contributed by atoms with van der Waals surface area (Å²) in [5.41, 5.74) is 0. The van der Waals surface area contributed by atoms with E-state index in [-0.39, 0.29) is 0 Å². The summed E-state index contributed by atoms with van der Waals surface area (Å²) in [7, 11) is 0. The van der Waals surface area contributed by atoms with Crippen LogP contribution in [0.1, 0.15) is 24.8 Å². The van der Waals surface area contributed by atoms with Crippen LogP contribution in [0.25, 0.3) is 0 Å². The van der Waals surface area contributed by atoms with Gasteiger partial charge in [-0.3, -0.25) is 0 Å². The Balaban J connectivity index is 2.07. The van der Waals surface area contributed by atoms with Gasteiger partial charge in [-0.1, -0.05) is 25.2 Å². The number of anilines is 1. The minimum Gasteiger partial charge on any atom is -0.344 e. The predicted molar refractivity (Wildman–Crippen MR) is 59.1 cm³/mol. The van der Waals surface area contributed by atoms with Gasteiger partial charge in [0.25, 0.3) is 0 Å². The maximum Gasteiger partial charge on any atom is 0.208 e. The molecule has 0 saturated carbocycles. The van der Waals surface area contributed by atoms with Gasteiger partial charge in [0.1, 0.15) is 5.01 Å². The van der Waals surface area contributed by atoms with Crippen molar-refractivity contribution in [1.82, 2.24) is 15.5 Å². The molecule has 14 heavy (non-hydrogen) atoms. The largest absolute Gasteiger partial charge is 0.344 e. The minimum absolute atomic E-state index is 0.490. The Labute approximate surface area is 88.3 Å². The molecule has 0 aliphatic carbocycles. The molecule has 0 aromatic carbocycles. The molecule has 2 heterocycles. The summed E-state index contributed by atoms with van der Waals surface area (Å²) in [5, 5.41) is 14.0. The first-order valence-corrected chi connectivity index (χ1v) is 5.88. The summed E-state index contributed by atoms with van der Waals surface area (Å²) in [6, 6.07) is 0. The van der Waals surface area contributed by atoms with E-state index in [0.29, 0.717) is 5.92 Å². The van der Waals surface area contributed by atoms with Gasteiger partial charge >= 0.3 is 0 Å². The number of nitrogens with zero attached hydrogens (tertiary/aromatic N) is 3. The lowest BCUT2D eigenvalue weighted by atomic mass is 10.2. The minimum atomic E-state index is 0.490. The first-order valence-electron chi connectivity index (χ1n) is 5.06. The lowest BCUT2D eigenvalue weighted by Crippen LogP contribution is -2.43. The molecule has 0 bridgehead atoms. The number of rotatable bonds is 2. The van der Waals surface area contributed by atoms with E-state index in [1.807, 2.05) is 0 Å². The highest BCUT2D eigenvalue weighted by Crippen LogP contribution is 2.25. The van der Waals surface area contributed by atoms with E-state index in [9.17, 15) is 0 Å². The predicted octanol–water partition coefficient (Wildman–Crippen LogP) is 1.07. The van der Waals surface area contributed by atoms with Crippen molar-refractivity contribution in [2.45, 2.75) is 19.8 Å². The smallest absolute Gasteiger partial charge is 0.208 e. The number of aromatic nitrogens is 2. The molecule has 1 aromatic rings. The van der Waals surface area contributed by atoms with Crippen molar-refractivity contribution in [2.24, 2.45) is 0 Å². The summed E-state index contributed by atoms with van der Waals surface area (Å²) in [6.07, 6.45) is 0. The van der Waals surface area contributed by atoms with Gasteiger partial charge < -0.3 is 10.2 Å². The molecule has 1 N–H and O–H groups in total. The van der Waals surface area contributed by atoms with Crippen molar-refractivity contribution in [3.63, 3.8) is 0 Å². The van der Waals surface area contributed by atoms with Crippen LogP contribution in [0, 0.1) is 0 Å². The third-order valence-electron chi connectivity index (χ3n) is 2.31. The van der Waals surface area contributed by atoms with E-state index >= 15 is 0 Å². The van der Waals surface area contributed by atoms with Crippen LogP contribution in [0.4, 0.5) is 5.13 Å².